The summed E-state index contributed by atoms with van der Waals surface area (Å²) in [5.74, 6) is 0.239. The SMILES string of the molecule is O=C(NCc1nnc(SCc2ccccc2)n1-c1cc(Cl)ccc1Cl)c1cccc(F)c1. The fourth-order valence-electron chi connectivity index (χ4n) is 3.02. The second-order valence-corrected chi connectivity index (χ2v) is 8.58. The van der Waals surface area contributed by atoms with E-state index in [9.17, 15) is 9.18 Å². The van der Waals surface area contributed by atoms with Crippen molar-refractivity contribution in [2.45, 2.75) is 17.5 Å². The Morgan fingerprint density at radius 3 is 2.59 bits per heavy atom. The molecule has 0 atom stereocenters. The van der Waals surface area contributed by atoms with Crippen LogP contribution in [0.1, 0.15) is 21.7 Å². The molecule has 0 aliphatic carbocycles. The maximum Gasteiger partial charge on any atom is 0.251 e. The molecule has 32 heavy (non-hydrogen) atoms. The largest absolute Gasteiger partial charge is 0.345 e. The van der Waals surface area contributed by atoms with Gasteiger partial charge in [-0.05, 0) is 42.0 Å². The molecule has 5 nitrogen and oxygen atoms in total. The highest BCUT2D eigenvalue weighted by Gasteiger charge is 2.18. The van der Waals surface area contributed by atoms with E-state index in [1.165, 1.54) is 36.0 Å². The van der Waals surface area contributed by atoms with Gasteiger partial charge in [0.25, 0.3) is 5.91 Å². The summed E-state index contributed by atoms with van der Waals surface area (Å²) in [6, 6.07) is 20.6. The molecule has 4 rings (SSSR count). The zero-order valence-electron chi connectivity index (χ0n) is 16.6. The van der Waals surface area contributed by atoms with Gasteiger partial charge >= 0.3 is 0 Å². The minimum atomic E-state index is -0.480. The molecule has 9 heteroatoms. The van der Waals surface area contributed by atoms with Crippen LogP contribution in [0.4, 0.5) is 4.39 Å². The third kappa shape index (κ3) is 5.30. The van der Waals surface area contributed by atoms with Gasteiger partial charge in [0, 0.05) is 16.3 Å². The molecule has 3 aromatic carbocycles. The van der Waals surface area contributed by atoms with Gasteiger partial charge in [0.2, 0.25) is 0 Å². The second-order valence-electron chi connectivity index (χ2n) is 6.80. The zero-order chi connectivity index (χ0) is 22.5. The molecule has 1 N–H and O–H groups in total. The smallest absolute Gasteiger partial charge is 0.251 e. The van der Waals surface area contributed by atoms with Crippen molar-refractivity contribution in [2.75, 3.05) is 0 Å². The summed E-state index contributed by atoms with van der Waals surface area (Å²) < 4.78 is 15.2. The molecular formula is C23H17Cl2FN4OS. The van der Waals surface area contributed by atoms with Crippen molar-refractivity contribution in [3.63, 3.8) is 0 Å². The summed E-state index contributed by atoms with van der Waals surface area (Å²) in [6.45, 7) is 0.0666. The van der Waals surface area contributed by atoms with Gasteiger partial charge in [-0.1, -0.05) is 71.4 Å². The standard InChI is InChI=1S/C23H17Cl2FN4OS/c24-17-9-10-19(25)20(12-17)30-21(13-27-22(31)16-7-4-8-18(26)11-16)28-29-23(30)32-14-15-5-2-1-3-6-15/h1-12H,13-14H2,(H,27,31). The molecule has 0 spiro atoms. The number of rotatable bonds is 7. The molecular weight excluding hydrogens is 470 g/mol. The van der Waals surface area contributed by atoms with E-state index in [1.54, 1.807) is 22.8 Å². The Hall–Kier alpha value is -2.87. The first-order valence-electron chi connectivity index (χ1n) is 9.61. The van der Waals surface area contributed by atoms with E-state index in [4.69, 9.17) is 23.2 Å². The van der Waals surface area contributed by atoms with Gasteiger partial charge in [0.1, 0.15) is 5.82 Å². The van der Waals surface area contributed by atoms with E-state index in [2.05, 4.69) is 15.5 Å². The molecule has 1 heterocycles. The monoisotopic (exact) mass is 486 g/mol. The van der Waals surface area contributed by atoms with Crippen LogP contribution in [0.15, 0.2) is 78.0 Å². The van der Waals surface area contributed by atoms with E-state index in [1.807, 2.05) is 30.3 Å². The second kappa shape index (κ2) is 10.2. The average Bonchev–Trinajstić information content (AvgIpc) is 3.21. The number of nitrogens with one attached hydrogen (secondary N) is 1. The number of hydrogen-bond acceptors (Lipinski definition) is 4. The van der Waals surface area contributed by atoms with Crippen LogP contribution in [-0.4, -0.2) is 20.7 Å². The predicted molar refractivity (Wildman–Crippen MR) is 125 cm³/mol. The van der Waals surface area contributed by atoms with Gasteiger partial charge in [-0.2, -0.15) is 0 Å². The van der Waals surface area contributed by atoms with E-state index >= 15 is 0 Å². The normalized spacial score (nSPS) is 10.8. The average molecular weight is 487 g/mol. The topological polar surface area (TPSA) is 59.8 Å². The Labute approximate surface area is 198 Å². The molecule has 1 amide bonds. The molecule has 1 aromatic heterocycles. The highest BCUT2D eigenvalue weighted by Crippen LogP contribution is 2.30. The Bertz CT molecular complexity index is 1250. The number of carbonyl (C=O) groups excluding carboxylic acids is 1. The molecule has 0 bridgehead atoms. The van der Waals surface area contributed by atoms with Crippen LogP contribution in [-0.2, 0) is 12.3 Å². The minimum Gasteiger partial charge on any atom is -0.345 e. The van der Waals surface area contributed by atoms with Crippen molar-refractivity contribution >= 4 is 40.9 Å². The maximum atomic E-state index is 13.5. The van der Waals surface area contributed by atoms with Crippen molar-refractivity contribution in [1.29, 1.82) is 0 Å². The van der Waals surface area contributed by atoms with E-state index in [-0.39, 0.29) is 12.1 Å². The summed E-state index contributed by atoms with van der Waals surface area (Å²) in [5.41, 5.74) is 1.95. The highest BCUT2D eigenvalue weighted by atomic mass is 35.5. The molecule has 0 fully saturated rings. The number of carbonyl (C=O) groups is 1. The number of benzene rings is 3. The Balaban J connectivity index is 1.62. The van der Waals surface area contributed by atoms with E-state index in [0.717, 1.165) is 5.56 Å². The number of halogens is 3. The first kappa shape index (κ1) is 22.3. The van der Waals surface area contributed by atoms with Crippen molar-refractivity contribution in [1.82, 2.24) is 20.1 Å². The molecule has 0 aliphatic heterocycles. The minimum absolute atomic E-state index is 0.0666. The molecule has 0 saturated carbocycles. The van der Waals surface area contributed by atoms with Crippen LogP contribution in [0, 0.1) is 5.82 Å². The number of aromatic nitrogens is 3. The van der Waals surface area contributed by atoms with Crippen LogP contribution >= 0.6 is 35.0 Å². The van der Waals surface area contributed by atoms with Gasteiger partial charge < -0.3 is 5.32 Å². The van der Waals surface area contributed by atoms with Gasteiger partial charge in [-0.15, -0.1) is 10.2 Å². The number of nitrogens with zero attached hydrogens (tertiary/aromatic N) is 3. The lowest BCUT2D eigenvalue weighted by Crippen LogP contribution is -2.24. The quantitative estimate of drug-likeness (QED) is 0.328. The molecule has 0 aliphatic rings. The van der Waals surface area contributed by atoms with Crippen LogP contribution < -0.4 is 5.32 Å². The van der Waals surface area contributed by atoms with Crippen molar-refractivity contribution < 1.29 is 9.18 Å². The Kier molecular flexibility index (Phi) is 7.09. The zero-order valence-corrected chi connectivity index (χ0v) is 19.0. The van der Waals surface area contributed by atoms with E-state index in [0.29, 0.717) is 32.5 Å². The van der Waals surface area contributed by atoms with Crippen LogP contribution in [0.2, 0.25) is 10.0 Å². The summed E-state index contributed by atoms with van der Waals surface area (Å²) in [4.78, 5) is 12.5. The molecule has 0 saturated heterocycles. The Morgan fingerprint density at radius 1 is 1.00 bits per heavy atom. The first-order valence-corrected chi connectivity index (χ1v) is 11.4. The van der Waals surface area contributed by atoms with Crippen molar-refractivity contribution in [3.05, 3.63) is 106 Å². The molecule has 4 aromatic rings. The van der Waals surface area contributed by atoms with Crippen LogP contribution in [0.25, 0.3) is 5.69 Å². The van der Waals surface area contributed by atoms with Gasteiger partial charge in [-0.3, -0.25) is 9.36 Å². The summed E-state index contributed by atoms with van der Waals surface area (Å²) in [6.07, 6.45) is 0. The maximum absolute atomic E-state index is 13.5. The third-order valence-electron chi connectivity index (χ3n) is 4.55. The summed E-state index contributed by atoms with van der Waals surface area (Å²) in [5, 5.41) is 12.9. The van der Waals surface area contributed by atoms with Crippen molar-refractivity contribution in [3.8, 4) is 5.69 Å². The molecule has 0 radical (unpaired) electrons. The van der Waals surface area contributed by atoms with Gasteiger partial charge in [0.05, 0.1) is 17.3 Å². The molecule has 0 unspecified atom stereocenters. The summed E-state index contributed by atoms with van der Waals surface area (Å²) >= 11 is 14.1. The number of thioether (sulfide) groups is 1. The summed E-state index contributed by atoms with van der Waals surface area (Å²) in [7, 11) is 0. The van der Waals surface area contributed by atoms with Crippen molar-refractivity contribution in [2.24, 2.45) is 0 Å². The van der Waals surface area contributed by atoms with E-state index < -0.39 is 11.7 Å². The fourth-order valence-corrected chi connectivity index (χ4v) is 4.31. The van der Waals surface area contributed by atoms with Gasteiger partial charge in [-0.25, -0.2) is 4.39 Å². The fraction of sp³-hybridized carbons (Fsp3) is 0.0870. The lowest BCUT2D eigenvalue weighted by molar-refractivity contribution is 0.0949. The molecule has 162 valence electrons. The number of amides is 1. The third-order valence-corrected chi connectivity index (χ3v) is 6.11. The lowest BCUT2D eigenvalue weighted by Gasteiger charge is -2.13. The van der Waals surface area contributed by atoms with Gasteiger partial charge in [0.15, 0.2) is 11.0 Å². The Morgan fingerprint density at radius 2 is 1.81 bits per heavy atom. The van der Waals surface area contributed by atoms with Crippen LogP contribution in [0.5, 0.6) is 0 Å². The first-order chi connectivity index (χ1) is 15.5. The predicted octanol–water partition coefficient (Wildman–Crippen LogP) is 5.94. The highest BCUT2D eigenvalue weighted by molar-refractivity contribution is 7.98. The van der Waals surface area contributed by atoms with Crippen LogP contribution in [0.3, 0.4) is 0 Å². The lowest BCUT2D eigenvalue weighted by atomic mass is 10.2. The number of hydrogen-bond donors (Lipinski definition) is 1.